The Labute approximate surface area is 87.4 Å². The van der Waals surface area contributed by atoms with E-state index in [0.29, 0.717) is 17.0 Å². The molecule has 2 rings (SSSR count). The van der Waals surface area contributed by atoms with Crippen molar-refractivity contribution >= 4 is 0 Å². The Morgan fingerprint density at radius 2 is 2.07 bits per heavy atom. The fourth-order valence-electron chi connectivity index (χ4n) is 1.41. The third-order valence-corrected chi connectivity index (χ3v) is 2.09. The van der Waals surface area contributed by atoms with Gasteiger partial charge in [0.05, 0.1) is 7.11 Å². The van der Waals surface area contributed by atoms with Crippen LogP contribution in [0.15, 0.2) is 42.6 Å². The topological polar surface area (TPSA) is 22.1 Å². The molecule has 0 atom stereocenters. The van der Waals surface area contributed by atoms with Crippen LogP contribution in [0.5, 0.6) is 5.75 Å². The summed E-state index contributed by atoms with van der Waals surface area (Å²) >= 11 is 0. The van der Waals surface area contributed by atoms with Gasteiger partial charge in [-0.2, -0.15) is 0 Å². The standard InChI is InChI=1S/C12H10FNO/c1-15-11-6-3-7-14-12(11)9-4-2-5-10(13)8-9/h2-8H,1H3. The highest BCUT2D eigenvalue weighted by Crippen LogP contribution is 2.27. The van der Waals surface area contributed by atoms with Gasteiger partial charge < -0.3 is 4.74 Å². The molecule has 0 spiro atoms. The normalized spacial score (nSPS) is 10.0. The van der Waals surface area contributed by atoms with Gasteiger partial charge in [0, 0.05) is 11.8 Å². The number of ether oxygens (including phenoxy) is 1. The van der Waals surface area contributed by atoms with E-state index in [1.807, 2.05) is 0 Å². The van der Waals surface area contributed by atoms with Crippen molar-refractivity contribution in [1.29, 1.82) is 0 Å². The van der Waals surface area contributed by atoms with Gasteiger partial charge in [-0.3, -0.25) is 4.98 Å². The Hall–Kier alpha value is -1.90. The smallest absolute Gasteiger partial charge is 0.145 e. The summed E-state index contributed by atoms with van der Waals surface area (Å²) < 4.78 is 18.2. The summed E-state index contributed by atoms with van der Waals surface area (Å²) in [6.07, 6.45) is 1.66. The van der Waals surface area contributed by atoms with Crippen LogP contribution in [0.1, 0.15) is 0 Å². The zero-order valence-corrected chi connectivity index (χ0v) is 8.27. The Morgan fingerprint density at radius 1 is 1.20 bits per heavy atom. The van der Waals surface area contributed by atoms with Crippen LogP contribution in [0.3, 0.4) is 0 Å². The number of methoxy groups -OCH3 is 1. The molecule has 15 heavy (non-hydrogen) atoms. The summed E-state index contributed by atoms with van der Waals surface area (Å²) in [5, 5.41) is 0. The van der Waals surface area contributed by atoms with Crippen molar-refractivity contribution in [3.63, 3.8) is 0 Å². The number of benzene rings is 1. The highest BCUT2D eigenvalue weighted by molar-refractivity contribution is 5.65. The molecule has 1 heterocycles. The lowest BCUT2D eigenvalue weighted by atomic mass is 10.1. The first-order valence-corrected chi connectivity index (χ1v) is 4.56. The van der Waals surface area contributed by atoms with Gasteiger partial charge in [-0.25, -0.2) is 4.39 Å². The maximum Gasteiger partial charge on any atom is 0.145 e. The van der Waals surface area contributed by atoms with Crippen molar-refractivity contribution in [3.05, 3.63) is 48.4 Å². The van der Waals surface area contributed by atoms with E-state index in [-0.39, 0.29) is 5.82 Å². The van der Waals surface area contributed by atoms with Crippen LogP contribution in [0.2, 0.25) is 0 Å². The summed E-state index contributed by atoms with van der Waals surface area (Å²) in [5.74, 6) is 0.364. The first-order chi connectivity index (χ1) is 7.31. The van der Waals surface area contributed by atoms with E-state index in [1.54, 1.807) is 37.6 Å². The summed E-state index contributed by atoms with van der Waals surface area (Å²) in [6.45, 7) is 0. The maximum atomic E-state index is 13.0. The Bertz CT molecular complexity index is 471. The summed E-state index contributed by atoms with van der Waals surface area (Å²) in [7, 11) is 1.57. The van der Waals surface area contributed by atoms with Crippen LogP contribution in [0.25, 0.3) is 11.3 Å². The van der Waals surface area contributed by atoms with Gasteiger partial charge in [-0.05, 0) is 24.3 Å². The van der Waals surface area contributed by atoms with E-state index in [2.05, 4.69) is 4.98 Å². The lowest BCUT2D eigenvalue weighted by molar-refractivity contribution is 0.415. The Balaban J connectivity index is 2.53. The molecule has 0 aliphatic carbocycles. The maximum absolute atomic E-state index is 13.0. The Kier molecular flexibility index (Phi) is 2.63. The van der Waals surface area contributed by atoms with E-state index in [1.165, 1.54) is 12.1 Å². The SMILES string of the molecule is COc1cccnc1-c1cccc(F)c1. The molecular formula is C12H10FNO. The average molecular weight is 203 g/mol. The zero-order chi connectivity index (χ0) is 10.7. The van der Waals surface area contributed by atoms with Crippen LogP contribution in [0, 0.1) is 5.82 Å². The van der Waals surface area contributed by atoms with Crippen molar-refractivity contribution in [3.8, 4) is 17.0 Å². The van der Waals surface area contributed by atoms with Crippen molar-refractivity contribution in [2.45, 2.75) is 0 Å². The van der Waals surface area contributed by atoms with Crippen molar-refractivity contribution in [2.75, 3.05) is 7.11 Å². The van der Waals surface area contributed by atoms with Gasteiger partial charge in [0.25, 0.3) is 0 Å². The fraction of sp³-hybridized carbons (Fsp3) is 0.0833. The van der Waals surface area contributed by atoms with Crippen LogP contribution < -0.4 is 4.74 Å². The highest BCUT2D eigenvalue weighted by Gasteiger charge is 2.06. The molecule has 0 amide bonds. The number of hydrogen-bond donors (Lipinski definition) is 0. The molecule has 3 heteroatoms. The van der Waals surface area contributed by atoms with Gasteiger partial charge in [-0.15, -0.1) is 0 Å². The van der Waals surface area contributed by atoms with Crippen LogP contribution >= 0.6 is 0 Å². The van der Waals surface area contributed by atoms with Gasteiger partial charge in [0.1, 0.15) is 17.3 Å². The third-order valence-electron chi connectivity index (χ3n) is 2.09. The molecule has 0 N–H and O–H groups in total. The monoisotopic (exact) mass is 203 g/mol. The lowest BCUT2D eigenvalue weighted by Gasteiger charge is -2.06. The minimum Gasteiger partial charge on any atom is -0.494 e. The van der Waals surface area contributed by atoms with Crippen molar-refractivity contribution < 1.29 is 9.13 Å². The second kappa shape index (κ2) is 4.09. The number of hydrogen-bond acceptors (Lipinski definition) is 2. The van der Waals surface area contributed by atoms with E-state index in [9.17, 15) is 4.39 Å². The number of nitrogens with zero attached hydrogens (tertiary/aromatic N) is 1. The molecule has 0 saturated carbocycles. The molecule has 0 fully saturated rings. The van der Waals surface area contributed by atoms with Gasteiger partial charge in [-0.1, -0.05) is 12.1 Å². The number of rotatable bonds is 2. The van der Waals surface area contributed by atoms with Crippen molar-refractivity contribution in [2.24, 2.45) is 0 Å². The van der Waals surface area contributed by atoms with Crippen LogP contribution in [-0.4, -0.2) is 12.1 Å². The number of halogens is 1. The fourth-order valence-corrected chi connectivity index (χ4v) is 1.41. The molecule has 2 aromatic rings. The molecule has 0 unspecified atom stereocenters. The van der Waals surface area contributed by atoms with E-state index >= 15 is 0 Å². The second-order valence-electron chi connectivity index (χ2n) is 3.06. The lowest BCUT2D eigenvalue weighted by Crippen LogP contribution is -1.90. The van der Waals surface area contributed by atoms with E-state index in [4.69, 9.17) is 4.74 Å². The largest absolute Gasteiger partial charge is 0.494 e. The molecular weight excluding hydrogens is 193 g/mol. The molecule has 0 bridgehead atoms. The molecule has 1 aromatic carbocycles. The molecule has 0 radical (unpaired) electrons. The molecule has 0 aliphatic heterocycles. The van der Waals surface area contributed by atoms with E-state index < -0.39 is 0 Å². The minimum absolute atomic E-state index is 0.278. The van der Waals surface area contributed by atoms with Crippen LogP contribution in [0.4, 0.5) is 4.39 Å². The minimum atomic E-state index is -0.278. The summed E-state index contributed by atoms with van der Waals surface area (Å²) in [5.41, 5.74) is 1.37. The predicted octanol–water partition coefficient (Wildman–Crippen LogP) is 2.90. The molecule has 1 aromatic heterocycles. The number of pyridine rings is 1. The first-order valence-electron chi connectivity index (χ1n) is 4.56. The summed E-state index contributed by atoms with van der Waals surface area (Å²) in [6, 6.07) is 9.87. The third kappa shape index (κ3) is 1.96. The summed E-state index contributed by atoms with van der Waals surface area (Å²) in [4.78, 5) is 4.17. The zero-order valence-electron chi connectivity index (χ0n) is 8.27. The molecule has 0 saturated heterocycles. The van der Waals surface area contributed by atoms with Gasteiger partial charge >= 0.3 is 0 Å². The quantitative estimate of drug-likeness (QED) is 0.748. The Morgan fingerprint density at radius 3 is 2.80 bits per heavy atom. The molecule has 76 valence electrons. The predicted molar refractivity (Wildman–Crippen MR) is 56.2 cm³/mol. The van der Waals surface area contributed by atoms with Crippen LogP contribution in [-0.2, 0) is 0 Å². The highest BCUT2D eigenvalue weighted by atomic mass is 19.1. The second-order valence-corrected chi connectivity index (χ2v) is 3.06. The average Bonchev–Trinajstić information content (AvgIpc) is 2.29. The number of aromatic nitrogens is 1. The van der Waals surface area contributed by atoms with Crippen molar-refractivity contribution in [1.82, 2.24) is 4.98 Å². The van der Waals surface area contributed by atoms with Gasteiger partial charge in [0.15, 0.2) is 0 Å². The molecule has 0 aliphatic rings. The van der Waals surface area contributed by atoms with Gasteiger partial charge in [0.2, 0.25) is 0 Å². The molecule has 2 nitrogen and oxygen atoms in total. The first kappa shape index (κ1) is 9.65. The van der Waals surface area contributed by atoms with E-state index in [0.717, 1.165) is 0 Å².